The molecule has 48 heavy (non-hydrogen) atoms. The minimum Gasteiger partial charge on any atom is -0.333 e. The Morgan fingerprint density at radius 3 is 2.00 bits per heavy atom. The van der Waals surface area contributed by atoms with Gasteiger partial charge >= 0.3 is 0 Å². The molecule has 0 saturated carbocycles. The van der Waals surface area contributed by atoms with Gasteiger partial charge in [0.15, 0.2) is 5.69 Å². The van der Waals surface area contributed by atoms with Crippen LogP contribution in [0.1, 0.15) is 24.4 Å². The second kappa shape index (κ2) is 11.2. The Balaban J connectivity index is 1.21. The van der Waals surface area contributed by atoms with Gasteiger partial charge in [0.05, 0.1) is 23.6 Å². The molecular formula is C44H30N4. The van der Waals surface area contributed by atoms with Gasteiger partial charge in [-0.15, -0.1) is 0 Å². The van der Waals surface area contributed by atoms with E-state index in [0.29, 0.717) is 5.69 Å². The van der Waals surface area contributed by atoms with Crippen molar-refractivity contribution in [1.82, 2.24) is 9.13 Å². The summed E-state index contributed by atoms with van der Waals surface area (Å²) in [6.45, 7) is 15.6. The summed E-state index contributed by atoms with van der Waals surface area (Å²) in [5.41, 5.74) is 11.0. The van der Waals surface area contributed by atoms with E-state index in [1.807, 2.05) is 12.1 Å². The topological polar surface area (TPSA) is 18.6 Å². The lowest BCUT2D eigenvalue weighted by Gasteiger charge is -2.27. The van der Waals surface area contributed by atoms with Gasteiger partial charge in [-0.2, -0.15) is 0 Å². The average Bonchev–Trinajstić information content (AvgIpc) is 3.67. The average molecular weight is 615 g/mol. The number of fused-ring (bicyclic) bond motifs is 6. The lowest BCUT2D eigenvalue weighted by molar-refractivity contribution is 0.629. The van der Waals surface area contributed by atoms with Gasteiger partial charge in [0.1, 0.15) is 0 Å². The summed E-state index contributed by atoms with van der Waals surface area (Å²) in [7, 11) is 0. The van der Waals surface area contributed by atoms with E-state index in [9.17, 15) is 0 Å². The Hall–Kier alpha value is -6.36. The molecule has 0 amide bonds. The van der Waals surface area contributed by atoms with Gasteiger partial charge in [-0.3, -0.25) is 0 Å². The van der Waals surface area contributed by atoms with E-state index in [2.05, 4.69) is 152 Å². The molecule has 2 aliphatic carbocycles. The van der Waals surface area contributed by atoms with Crippen LogP contribution < -0.4 is 0 Å². The second-order valence-electron chi connectivity index (χ2n) is 12.6. The predicted molar refractivity (Wildman–Crippen MR) is 198 cm³/mol. The first kappa shape index (κ1) is 27.9. The summed E-state index contributed by atoms with van der Waals surface area (Å²) in [5, 5.41) is 4.75. The number of allylic oxidation sites excluding steroid dienone is 5. The third-order valence-electron chi connectivity index (χ3n) is 9.98. The molecule has 226 valence electrons. The highest BCUT2D eigenvalue weighted by molar-refractivity contribution is 6.10. The van der Waals surface area contributed by atoms with Gasteiger partial charge in [-0.05, 0) is 71.0 Å². The Morgan fingerprint density at radius 2 is 1.31 bits per heavy atom. The van der Waals surface area contributed by atoms with Gasteiger partial charge in [0.25, 0.3) is 6.04 Å². The number of hydrogen-bond donors (Lipinski definition) is 0. The Labute approximate surface area is 279 Å². The van der Waals surface area contributed by atoms with Crippen molar-refractivity contribution in [2.45, 2.75) is 24.9 Å². The van der Waals surface area contributed by atoms with Gasteiger partial charge < -0.3 is 14.0 Å². The Bertz CT molecular complexity index is 2590. The molecule has 2 aliphatic rings. The third kappa shape index (κ3) is 4.35. The van der Waals surface area contributed by atoms with Crippen LogP contribution in [0.2, 0.25) is 0 Å². The molecular weight excluding hydrogens is 585 g/mol. The van der Waals surface area contributed by atoms with Crippen molar-refractivity contribution in [2.24, 2.45) is 0 Å². The molecule has 5 aromatic carbocycles. The first-order valence-electron chi connectivity index (χ1n) is 16.4. The maximum atomic E-state index is 7.99. The van der Waals surface area contributed by atoms with E-state index in [1.165, 1.54) is 27.4 Å². The van der Waals surface area contributed by atoms with Crippen molar-refractivity contribution in [3.8, 4) is 5.69 Å². The lowest BCUT2D eigenvalue weighted by atomic mass is 9.83. The third-order valence-corrected chi connectivity index (χ3v) is 9.98. The minimum atomic E-state index is -0.182. The fraction of sp³-hybridized carbons (Fsp3) is 0.0909. The number of hydrogen-bond acceptors (Lipinski definition) is 0. The highest BCUT2D eigenvalue weighted by atomic mass is 15.0. The summed E-state index contributed by atoms with van der Waals surface area (Å²) >= 11 is 0. The van der Waals surface area contributed by atoms with E-state index in [1.54, 1.807) is 0 Å². The van der Waals surface area contributed by atoms with Crippen molar-refractivity contribution in [1.29, 1.82) is 0 Å². The van der Waals surface area contributed by atoms with Crippen LogP contribution in [0.3, 0.4) is 0 Å². The fourth-order valence-electron chi connectivity index (χ4n) is 7.81. The molecule has 2 atom stereocenters. The Morgan fingerprint density at radius 1 is 0.667 bits per heavy atom. The lowest BCUT2D eigenvalue weighted by Crippen LogP contribution is -2.17. The molecule has 0 fully saturated rings. The van der Waals surface area contributed by atoms with Crippen LogP contribution in [-0.4, -0.2) is 15.2 Å². The molecule has 2 heterocycles. The molecule has 0 spiro atoms. The molecule has 7 aromatic rings. The van der Waals surface area contributed by atoms with Crippen LogP contribution in [0, 0.1) is 13.1 Å². The van der Waals surface area contributed by atoms with Gasteiger partial charge in [-0.25, -0.2) is 11.4 Å². The zero-order valence-corrected chi connectivity index (χ0v) is 26.2. The van der Waals surface area contributed by atoms with Crippen LogP contribution in [0.5, 0.6) is 0 Å². The fourth-order valence-corrected chi connectivity index (χ4v) is 7.81. The van der Waals surface area contributed by atoms with Gasteiger partial charge in [0, 0.05) is 44.9 Å². The summed E-state index contributed by atoms with van der Waals surface area (Å²) in [6, 6.07) is 40.5. The van der Waals surface area contributed by atoms with Gasteiger partial charge in [0.2, 0.25) is 0 Å². The van der Waals surface area contributed by atoms with Crippen LogP contribution in [0.4, 0.5) is 5.69 Å². The summed E-state index contributed by atoms with van der Waals surface area (Å²) < 4.78 is 4.78. The molecule has 0 aliphatic heterocycles. The molecule has 4 nitrogen and oxygen atoms in total. The second-order valence-corrected chi connectivity index (χ2v) is 12.6. The maximum absolute atomic E-state index is 7.99. The minimum absolute atomic E-state index is 0.0244. The quantitative estimate of drug-likeness (QED) is 0.176. The van der Waals surface area contributed by atoms with E-state index in [4.69, 9.17) is 13.1 Å². The van der Waals surface area contributed by atoms with E-state index in [0.717, 1.165) is 57.0 Å². The summed E-state index contributed by atoms with van der Waals surface area (Å²) in [6.07, 6.45) is 12.5. The molecule has 0 radical (unpaired) electrons. The molecule has 2 unspecified atom stereocenters. The van der Waals surface area contributed by atoms with Crippen molar-refractivity contribution in [3.63, 3.8) is 0 Å². The van der Waals surface area contributed by atoms with Crippen molar-refractivity contribution >= 4 is 54.9 Å². The zero-order valence-electron chi connectivity index (χ0n) is 26.2. The number of rotatable bonds is 4. The first-order chi connectivity index (χ1) is 23.7. The number of para-hydroxylation sites is 3. The molecule has 9 rings (SSSR count). The predicted octanol–water partition coefficient (Wildman–Crippen LogP) is 11.6. The first-order valence-corrected chi connectivity index (χ1v) is 16.4. The van der Waals surface area contributed by atoms with E-state index >= 15 is 0 Å². The molecule has 0 N–H and O–H groups in total. The maximum Gasteiger partial charge on any atom is 0.252 e. The largest absolute Gasteiger partial charge is 0.333 e. The number of nitrogens with zero attached hydrogens (tertiary/aromatic N) is 4. The summed E-state index contributed by atoms with van der Waals surface area (Å²) in [4.78, 5) is 7.76. The van der Waals surface area contributed by atoms with Crippen LogP contribution in [-0.2, 0) is 0 Å². The SMILES string of the molecule is [C-]#[N+]c1ccc2c(c1)c1ccccc1n2C1C=C(c2ccc(-n3c4ccccc4c4ccccc43)cc2)C=C(C2=CC=CCC2[N+]#[C-])C1. The van der Waals surface area contributed by atoms with E-state index < -0.39 is 0 Å². The van der Waals surface area contributed by atoms with Gasteiger partial charge in [-0.1, -0.05) is 103 Å². The van der Waals surface area contributed by atoms with E-state index in [-0.39, 0.29) is 12.1 Å². The Kier molecular flexibility index (Phi) is 6.49. The monoisotopic (exact) mass is 614 g/mol. The zero-order chi connectivity index (χ0) is 32.2. The number of aromatic nitrogens is 2. The molecule has 4 heteroatoms. The van der Waals surface area contributed by atoms with Crippen molar-refractivity contribution in [3.05, 3.63) is 185 Å². The standard InChI is InChI=1S/C44H30N4/c1-45-32-21-24-44-39(28-32)38-14-6-10-18-43(38)48(44)34-26-30(25-31(27-34)35-11-3-7-15-40(35)46-2)29-19-22-33(23-20-29)47-41-16-8-4-12-36(41)37-13-5-9-17-42(37)47/h3-14,16-26,28,34,40H,15,27H2. The molecule has 0 bridgehead atoms. The van der Waals surface area contributed by atoms with Crippen molar-refractivity contribution < 1.29 is 0 Å². The molecule has 0 saturated heterocycles. The van der Waals surface area contributed by atoms with Crippen LogP contribution in [0.25, 0.3) is 64.6 Å². The normalized spacial score (nSPS) is 17.7. The summed E-state index contributed by atoms with van der Waals surface area (Å²) in [5.74, 6) is 0. The highest BCUT2D eigenvalue weighted by Gasteiger charge is 2.29. The highest BCUT2D eigenvalue weighted by Crippen LogP contribution is 2.43. The number of benzene rings is 5. The molecule has 2 aromatic heterocycles. The van der Waals surface area contributed by atoms with Crippen LogP contribution >= 0.6 is 0 Å². The smallest absolute Gasteiger partial charge is 0.252 e. The van der Waals surface area contributed by atoms with Crippen molar-refractivity contribution in [2.75, 3.05) is 0 Å². The van der Waals surface area contributed by atoms with Crippen LogP contribution in [0.15, 0.2) is 157 Å².